The van der Waals surface area contributed by atoms with Crippen molar-refractivity contribution in [1.29, 1.82) is 0 Å². The van der Waals surface area contributed by atoms with E-state index in [1.54, 1.807) is 6.20 Å². The molecule has 2 nitrogen and oxygen atoms in total. The van der Waals surface area contributed by atoms with Crippen LogP contribution in [0.25, 0.3) is 0 Å². The molecule has 1 aromatic heterocycles. The molecule has 0 amide bonds. The monoisotopic (exact) mass is 155 g/mol. The van der Waals surface area contributed by atoms with E-state index < -0.39 is 0 Å². The van der Waals surface area contributed by atoms with E-state index >= 15 is 0 Å². The number of rotatable bonds is 2. The molecule has 2 heteroatoms. The maximum atomic E-state index is 4.87. The van der Waals surface area contributed by atoms with Crippen LogP contribution in [-0.4, -0.2) is 5.16 Å². The lowest BCUT2D eigenvalue weighted by molar-refractivity contribution is 0.396. The minimum Gasteiger partial charge on any atom is -0.361 e. The molecule has 0 bridgehead atoms. The third-order valence-corrected chi connectivity index (χ3v) is 1.37. The van der Waals surface area contributed by atoms with E-state index in [9.17, 15) is 0 Å². The lowest BCUT2D eigenvalue weighted by atomic mass is 10.2. The minimum absolute atomic E-state index is 0.955. The summed E-state index contributed by atoms with van der Waals surface area (Å²) in [5.74, 6) is 0.955. The molecule has 1 aromatic rings. The first-order valence-electron chi connectivity index (χ1n) is 4.24. The van der Waals surface area contributed by atoms with Crippen molar-refractivity contribution in [2.24, 2.45) is 0 Å². The Morgan fingerprint density at radius 3 is 2.45 bits per heavy atom. The second-order valence-corrected chi connectivity index (χ2v) is 2.16. The van der Waals surface area contributed by atoms with E-state index in [1.807, 2.05) is 20.8 Å². The zero-order valence-electron chi connectivity index (χ0n) is 7.85. The largest absolute Gasteiger partial charge is 0.361 e. The van der Waals surface area contributed by atoms with Gasteiger partial charge in [-0.3, -0.25) is 0 Å². The van der Waals surface area contributed by atoms with Crippen LogP contribution in [0.3, 0.4) is 0 Å². The van der Waals surface area contributed by atoms with Crippen molar-refractivity contribution in [1.82, 2.24) is 5.16 Å². The smallest absolute Gasteiger partial charge is 0.136 e. The molecule has 0 saturated heterocycles. The van der Waals surface area contributed by atoms with Crippen LogP contribution in [0, 0.1) is 6.92 Å². The van der Waals surface area contributed by atoms with E-state index in [1.165, 1.54) is 5.56 Å². The lowest BCUT2D eigenvalue weighted by Crippen LogP contribution is -1.80. The fraction of sp³-hybridized carbons (Fsp3) is 0.667. The van der Waals surface area contributed by atoms with Crippen molar-refractivity contribution in [3.05, 3.63) is 17.5 Å². The molecule has 0 unspecified atom stereocenters. The summed E-state index contributed by atoms with van der Waals surface area (Å²) in [6.07, 6.45) is 4.02. The van der Waals surface area contributed by atoms with E-state index in [0.29, 0.717) is 0 Å². The van der Waals surface area contributed by atoms with Gasteiger partial charge in [0.2, 0.25) is 0 Å². The molecule has 0 atom stereocenters. The van der Waals surface area contributed by atoms with Gasteiger partial charge in [-0.15, -0.1) is 0 Å². The molecule has 0 radical (unpaired) electrons. The standard InChI is InChI=1S/C7H11NO.C2H6/c1-3-4-7-5-8-9-6(7)2;1-2/h5H,3-4H2,1-2H3;1-2H3. The Labute approximate surface area is 68.6 Å². The third kappa shape index (κ3) is 3.21. The molecule has 64 valence electrons. The van der Waals surface area contributed by atoms with Crippen molar-refractivity contribution < 1.29 is 4.52 Å². The topological polar surface area (TPSA) is 26.0 Å². The summed E-state index contributed by atoms with van der Waals surface area (Å²) in [5.41, 5.74) is 1.23. The van der Waals surface area contributed by atoms with Gasteiger partial charge in [-0.25, -0.2) is 0 Å². The highest BCUT2D eigenvalue weighted by Gasteiger charge is 1.98. The third-order valence-electron chi connectivity index (χ3n) is 1.37. The molecule has 0 saturated carbocycles. The summed E-state index contributed by atoms with van der Waals surface area (Å²) in [7, 11) is 0. The molecular formula is C9H17NO. The summed E-state index contributed by atoms with van der Waals surface area (Å²) >= 11 is 0. The van der Waals surface area contributed by atoms with Gasteiger partial charge >= 0.3 is 0 Å². The number of hydrogen-bond donors (Lipinski definition) is 0. The van der Waals surface area contributed by atoms with Crippen LogP contribution in [0.15, 0.2) is 10.7 Å². The highest BCUT2D eigenvalue weighted by atomic mass is 16.5. The fourth-order valence-corrected chi connectivity index (χ4v) is 0.828. The first kappa shape index (κ1) is 10.2. The summed E-state index contributed by atoms with van der Waals surface area (Å²) in [4.78, 5) is 0. The van der Waals surface area contributed by atoms with Gasteiger partial charge in [0.1, 0.15) is 5.76 Å². The van der Waals surface area contributed by atoms with Gasteiger partial charge in [0.05, 0.1) is 6.20 Å². The van der Waals surface area contributed by atoms with Crippen molar-refractivity contribution >= 4 is 0 Å². The predicted octanol–water partition coefficient (Wildman–Crippen LogP) is 2.96. The molecular weight excluding hydrogens is 138 g/mol. The Morgan fingerprint density at radius 2 is 2.09 bits per heavy atom. The lowest BCUT2D eigenvalue weighted by Gasteiger charge is -1.88. The van der Waals surface area contributed by atoms with Crippen molar-refractivity contribution in [3.63, 3.8) is 0 Å². The zero-order chi connectivity index (χ0) is 8.69. The van der Waals surface area contributed by atoms with Crippen LogP contribution in [0.2, 0.25) is 0 Å². The molecule has 0 aromatic carbocycles. The quantitative estimate of drug-likeness (QED) is 0.656. The molecule has 1 heterocycles. The minimum atomic E-state index is 0.955. The van der Waals surface area contributed by atoms with Crippen LogP contribution in [0.4, 0.5) is 0 Å². The predicted molar refractivity (Wildman–Crippen MR) is 46.6 cm³/mol. The average molecular weight is 155 g/mol. The second-order valence-electron chi connectivity index (χ2n) is 2.16. The van der Waals surface area contributed by atoms with Gasteiger partial charge in [-0.1, -0.05) is 32.3 Å². The number of nitrogens with zero attached hydrogens (tertiary/aromatic N) is 1. The molecule has 0 aliphatic rings. The number of aromatic nitrogens is 1. The van der Waals surface area contributed by atoms with Crippen LogP contribution in [-0.2, 0) is 6.42 Å². The van der Waals surface area contributed by atoms with Gasteiger partial charge in [0.15, 0.2) is 0 Å². The van der Waals surface area contributed by atoms with Crippen LogP contribution in [0.5, 0.6) is 0 Å². The SMILES string of the molecule is CC.CCCc1cnoc1C. The number of aryl methyl sites for hydroxylation is 2. The molecule has 0 aliphatic heterocycles. The van der Waals surface area contributed by atoms with Gasteiger partial charge in [-0.2, -0.15) is 0 Å². The van der Waals surface area contributed by atoms with Gasteiger partial charge < -0.3 is 4.52 Å². The summed E-state index contributed by atoms with van der Waals surface area (Å²) in [6, 6.07) is 0. The van der Waals surface area contributed by atoms with Crippen molar-refractivity contribution in [3.8, 4) is 0 Å². The highest BCUT2D eigenvalue weighted by molar-refractivity contribution is 5.10. The average Bonchev–Trinajstić information content (AvgIpc) is 2.42. The van der Waals surface area contributed by atoms with E-state index in [2.05, 4.69) is 12.1 Å². The Bertz CT molecular complexity index is 181. The maximum absolute atomic E-state index is 4.87. The van der Waals surface area contributed by atoms with Crippen molar-refractivity contribution in [2.45, 2.75) is 40.5 Å². The van der Waals surface area contributed by atoms with Gasteiger partial charge in [0, 0.05) is 5.56 Å². The Morgan fingerprint density at radius 1 is 1.45 bits per heavy atom. The normalized spacial score (nSPS) is 8.73. The molecule has 0 N–H and O–H groups in total. The Kier molecular flexibility index (Phi) is 5.53. The Balaban J connectivity index is 0.000000461. The fourth-order valence-electron chi connectivity index (χ4n) is 0.828. The first-order chi connectivity index (χ1) is 5.34. The molecule has 11 heavy (non-hydrogen) atoms. The van der Waals surface area contributed by atoms with E-state index in [-0.39, 0.29) is 0 Å². The summed E-state index contributed by atoms with van der Waals surface area (Å²) in [6.45, 7) is 8.09. The van der Waals surface area contributed by atoms with Crippen LogP contribution >= 0.6 is 0 Å². The molecule has 0 fully saturated rings. The zero-order valence-corrected chi connectivity index (χ0v) is 7.85. The second kappa shape index (κ2) is 5.96. The number of hydrogen-bond acceptors (Lipinski definition) is 2. The first-order valence-corrected chi connectivity index (χ1v) is 4.24. The van der Waals surface area contributed by atoms with Crippen LogP contribution < -0.4 is 0 Å². The van der Waals surface area contributed by atoms with E-state index in [0.717, 1.165) is 18.6 Å². The molecule has 0 spiro atoms. The van der Waals surface area contributed by atoms with Gasteiger partial charge in [-0.05, 0) is 13.3 Å². The van der Waals surface area contributed by atoms with E-state index in [4.69, 9.17) is 4.52 Å². The van der Waals surface area contributed by atoms with Crippen molar-refractivity contribution in [2.75, 3.05) is 0 Å². The summed E-state index contributed by atoms with van der Waals surface area (Å²) in [5, 5.41) is 3.67. The van der Waals surface area contributed by atoms with Gasteiger partial charge in [0.25, 0.3) is 0 Å². The van der Waals surface area contributed by atoms with Crippen LogP contribution in [0.1, 0.15) is 38.5 Å². The maximum Gasteiger partial charge on any atom is 0.136 e. The highest BCUT2D eigenvalue weighted by Crippen LogP contribution is 2.07. The molecule has 1 rings (SSSR count). The Hall–Kier alpha value is -0.790. The molecule has 0 aliphatic carbocycles. The summed E-state index contributed by atoms with van der Waals surface area (Å²) < 4.78 is 4.87.